The monoisotopic (exact) mass is 320 g/mol. The molecule has 0 radical (unpaired) electrons. The molecule has 2 aliphatic carbocycles. The first kappa shape index (κ1) is 18.5. The lowest BCUT2D eigenvalue weighted by Gasteiger charge is -2.58. The second kappa shape index (κ2) is 6.99. The molecule has 4 atom stereocenters. The molecular weight excluding hydrogens is 284 g/mol. The Morgan fingerprint density at radius 1 is 1.35 bits per heavy atom. The van der Waals surface area contributed by atoms with Crippen LogP contribution < -0.4 is 0 Å². The summed E-state index contributed by atoms with van der Waals surface area (Å²) in [7, 11) is 1.48. The van der Waals surface area contributed by atoms with Crippen molar-refractivity contribution >= 4 is 5.97 Å². The Morgan fingerprint density at radius 2 is 2.04 bits per heavy atom. The van der Waals surface area contributed by atoms with Crippen molar-refractivity contribution < 1.29 is 9.53 Å². The van der Waals surface area contributed by atoms with Gasteiger partial charge in [-0.25, -0.2) is 0 Å². The quantitative estimate of drug-likeness (QED) is 0.475. The van der Waals surface area contributed by atoms with Gasteiger partial charge in [0.25, 0.3) is 0 Å². The molecule has 0 saturated heterocycles. The van der Waals surface area contributed by atoms with Crippen molar-refractivity contribution in [3.63, 3.8) is 0 Å². The van der Waals surface area contributed by atoms with E-state index in [0.29, 0.717) is 29.1 Å². The summed E-state index contributed by atoms with van der Waals surface area (Å²) in [5.41, 5.74) is 2.33. The van der Waals surface area contributed by atoms with Crippen LogP contribution in [0.5, 0.6) is 0 Å². The van der Waals surface area contributed by atoms with Crippen molar-refractivity contribution in [3.05, 3.63) is 12.2 Å². The van der Waals surface area contributed by atoms with Gasteiger partial charge in [-0.05, 0) is 67.1 Å². The van der Waals surface area contributed by atoms with E-state index in [4.69, 9.17) is 4.74 Å². The van der Waals surface area contributed by atoms with Gasteiger partial charge in [-0.15, -0.1) is 0 Å². The molecule has 0 aromatic heterocycles. The van der Waals surface area contributed by atoms with Crippen LogP contribution in [0.15, 0.2) is 12.2 Å². The maximum absolute atomic E-state index is 11.5. The molecule has 2 heteroatoms. The fourth-order valence-corrected chi connectivity index (χ4v) is 5.73. The number of ether oxygens (including phenoxy) is 1. The molecule has 0 aliphatic heterocycles. The summed E-state index contributed by atoms with van der Waals surface area (Å²) in [5, 5.41) is 0. The molecule has 0 heterocycles. The lowest BCUT2D eigenvalue weighted by molar-refractivity contribution is -0.141. The van der Waals surface area contributed by atoms with E-state index in [2.05, 4.69) is 34.3 Å². The Balaban J connectivity index is 2.06. The predicted octanol–water partition coefficient (Wildman–Crippen LogP) is 5.76. The molecule has 0 amide bonds. The Labute approximate surface area is 143 Å². The Kier molecular flexibility index (Phi) is 5.63. The third-order valence-corrected chi connectivity index (χ3v) is 7.01. The molecule has 0 aromatic carbocycles. The van der Waals surface area contributed by atoms with Crippen LogP contribution >= 0.6 is 0 Å². The fraction of sp³-hybridized carbons (Fsp3) is 0.857. The summed E-state index contributed by atoms with van der Waals surface area (Å²) in [5.74, 6) is 1.76. The maximum atomic E-state index is 11.5. The molecular formula is C21H36O2. The van der Waals surface area contributed by atoms with Crippen molar-refractivity contribution in [3.8, 4) is 0 Å². The van der Waals surface area contributed by atoms with E-state index in [-0.39, 0.29) is 5.97 Å². The molecule has 0 aromatic rings. The highest BCUT2D eigenvalue weighted by atomic mass is 16.5. The molecule has 0 N–H and O–H groups in total. The molecule has 2 rings (SSSR count). The van der Waals surface area contributed by atoms with Crippen LogP contribution in [0.4, 0.5) is 0 Å². The minimum atomic E-state index is -0.0807. The van der Waals surface area contributed by atoms with Crippen LogP contribution in [0.25, 0.3) is 0 Å². The third kappa shape index (κ3) is 3.83. The number of carbonyl (C=O) groups is 1. The number of esters is 1. The molecule has 2 fully saturated rings. The second-order valence-electron chi connectivity index (χ2n) is 9.11. The van der Waals surface area contributed by atoms with Crippen LogP contribution in [0.3, 0.4) is 0 Å². The first-order chi connectivity index (χ1) is 10.7. The second-order valence-corrected chi connectivity index (χ2v) is 9.11. The fourth-order valence-electron chi connectivity index (χ4n) is 5.73. The zero-order valence-corrected chi connectivity index (χ0v) is 15.9. The van der Waals surface area contributed by atoms with Gasteiger partial charge in [0.15, 0.2) is 0 Å². The van der Waals surface area contributed by atoms with Crippen molar-refractivity contribution in [2.75, 3.05) is 7.11 Å². The van der Waals surface area contributed by atoms with Gasteiger partial charge in [-0.1, -0.05) is 46.3 Å². The number of rotatable bonds is 5. The normalized spacial score (nSPS) is 34.6. The third-order valence-electron chi connectivity index (χ3n) is 7.01. The summed E-state index contributed by atoms with van der Waals surface area (Å²) >= 11 is 0. The van der Waals surface area contributed by atoms with Crippen LogP contribution in [-0.2, 0) is 9.53 Å². The van der Waals surface area contributed by atoms with E-state index in [1.807, 2.05) is 0 Å². The van der Waals surface area contributed by atoms with Gasteiger partial charge in [-0.3, -0.25) is 4.79 Å². The summed E-state index contributed by atoms with van der Waals surface area (Å²) in [6.45, 7) is 14.1. The van der Waals surface area contributed by atoms with Crippen LogP contribution in [0.1, 0.15) is 79.1 Å². The highest BCUT2D eigenvalue weighted by Crippen LogP contribution is 2.61. The SMILES string of the molecule is C=C1CC[C@@H]2C(C)(C)CCC[C@@]2(C)[C@@H]1CC[C@H](C)CC(=O)OC. The van der Waals surface area contributed by atoms with Crippen LogP contribution in [-0.4, -0.2) is 13.1 Å². The summed E-state index contributed by atoms with van der Waals surface area (Å²) < 4.78 is 4.81. The minimum absolute atomic E-state index is 0.0807. The number of carbonyl (C=O) groups excluding carboxylic acids is 1. The highest BCUT2D eigenvalue weighted by Gasteiger charge is 2.52. The topological polar surface area (TPSA) is 26.3 Å². The standard InChI is InChI=1S/C21H36O2/c1-15(14-19(22)23-6)8-10-17-16(2)9-11-18-20(3,4)12-7-13-21(17,18)5/h15,17-18H,2,7-14H2,1,3-6H3/t15-,17+,18+,21-/m0/s1. The average molecular weight is 321 g/mol. The first-order valence-electron chi connectivity index (χ1n) is 9.45. The molecule has 132 valence electrons. The molecule has 23 heavy (non-hydrogen) atoms. The predicted molar refractivity (Wildman–Crippen MR) is 96.1 cm³/mol. The number of methoxy groups -OCH3 is 1. The number of hydrogen-bond acceptors (Lipinski definition) is 2. The lowest BCUT2D eigenvalue weighted by atomic mass is 9.47. The van der Waals surface area contributed by atoms with E-state index in [0.717, 1.165) is 12.3 Å². The van der Waals surface area contributed by atoms with Crippen molar-refractivity contribution in [1.82, 2.24) is 0 Å². The highest BCUT2D eigenvalue weighted by molar-refractivity contribution is 5.69. The Bertz CT molecular complexity index is 451. The van der Waals surface area contributed by atoms with Gasteiger partial charge in [-0.2, -0.15) is 0 Å². The Hall–Kier alpha value is -0.790. The summed E-state index contributed by atoms with van der Waals surface area (Å²) in [6.07, 6.45) is 9.39. The number of fused-ring (bicyclic) bond motifs is 1. The van der Waals surface area contributed by atoms with Gasteiger partial charge in [0, 0.05) is 6.42 Å². The Morgan fingerprint density at radius 3 is 2.70 bits per heavy atom. The minimum Gasteiger partial charge on any atom is -0.469 e. The van der Waals surface area contributed by atoms with Gasteiger partial charge >= 0.3 is 5.97 Å². The molecule has 2 saturated carbocycles. The number of allylic oxidation sites excluding steroid dienone is 1. The average Bonchev–Trinajstić information content (AvgIpc) is 2.45. The molecule has 2 aliphatic rings. The van der Waals surface area contributed by atoms with Crippen LogP contribution in [0.2, 0.25) is 0 Å². The van der Waals surface area contributed by atoms with Gasteiger partial charge in [0.05, 0.1) is 7.11 Å². The van der Waals surface area contributed by atoms with E-state index in [1.54, 1.807) is 0 Å². The molecule has 2 nitrogen and oxygen atoms in total. The number of hydrogen-bond donors (Lipinski definition) is 0. The van der Waals surface area contributed by atoms with Crippen molar-refractivity contribution in [1.29, 1.82) is 0 Å². The van der Waals surface area contributed by atoms with Crippen molar-refractivity contribution in [2.24, 2.45) is 28.6 Å². The van der Waals surface area contributed by atoms with Crippen molar-refractivity contribution in [2.45, 2.75) is 79.1 Å². The largest absolute Gasteiger partial charge is 0.469 e. The molecule has 0 bridgehead atoms. The van der Waals surface area contributed by atoms with Gasteiger partial charge < -0.3 is 4.74 Å². The molecule has 0 unspecified atom stereocenters. The summed E-state index contributed by atoms with van der Waals surface area (Å²) in [6, 6.07) is 0. The summed E-state index contributed by atoms with van der Waals surface area (Å²) in [4.78, 5) is 11.5. The van der Waals surface area contributed by atoms with E-state index in [9.17, 15) is 4.79 Å². The lowest BCUT2D eigenvalue weighted by Crippen LogP contribution is -2.49. The molecule has 0 spiro atoms. The first-order valence-corrected chi connectivity index (χ1v) is 9.45. The zero-order chi connectivity index (χ0) is 17.3. The van der Waals surface area contributed by atoms with Crippen LogP contribution in [0, 0.1) is 28.6 Å². The van der Waals surface area contributed by atoms with E-state index in [1.165, 1.54) is 51.2 Å². The zero-order valence-electron chi connectivity index (χ0n) is 15.9. The maximum Gasteiger partial charge on any atom is 0.305 e. The smallest absolute Gasteiger partial charge is 0.305 e. The van der Waals surface area contributed by atoms with Gasteiger partial charge in [0.2, 0.25) is 0 Å². The van der Waals surface area contributed by atoms with Gasteiger partial charge in [0.1, 0.15) is 0 Å². The van der Waals surface area contributed by atoms with E-state index >= 15 is 0 Å². The van der Waals surface area contributed by atoms with E-state index < -0.39 is 0 Å².